The van der Waals surface area contributed by atoms with Gasteiger partial charge in [-0.05, 0) is 18.2 Å². The Balaban J connectivity index is 1.58. The first-order valence-electron chi connectivity index (χ1n) is 7.07. The van der Waals surface area contributed by atoms with Crippen LogP contribution in [0.3, 0.4) is 0 Å². The minimum Gasteiger partial charge on any atom is -0.454 e. The Morgan fingerprint density at radius 1 is 1.00 bits per heavy atom. The molecule has 0 amide bonds. The Morgan fingerprint density at radius 2 is 1.75 bits per heavy atom. The number of aromatic amines is 1. The topological polar surface area (TPSA) is 76.5 Å². The van der Waals surface area contributed by atoms with Crippen molar-refractivity contribution in [3.63, 3.8) is 0 Å². The first-order chi connectivity index (χ1) is 11.7. The van der Waals surface area contributed by atoms with E-state index >= 15 is 0 Å². The molecule has 2 N–H and O–H groups in total. The van der Waals surface area contributed by atoms with E-state index < -0.39 is 0 Å². The molecule has 4 aromatic rings. The molecule has 0 spiro atoms. The van der Waals surface area contributed by atoms with Crippen LogP contribution in [0.5, 0.6) is 11.5 Å². The zero-order valence-electron chi connectivity index (χ0n) is 12.0. The van der Waals surface area contributed by atoms with Gasteiger partial charge in [0.1, 0.15) is 0 Å². The normalized spacial score (nSPS) is 13.1. The lowest BCUT2D eigenvalue weighted by Gasteiger charge is -2.03. The molecule has 0 atom stereocenters. The van der Waals surface area contributed by atoms with Gasteiger partial charge in [0.2, 0.25) is 12.7 Å². The average molecular weight is 362 g/mol. The molecule has 0 saturated heterocycles. The van der Waals surface area contributed by atoms with E-state index in [-0.39, 0.29) is 6.79 Å². The van der Waals surface area contributed by atoms with Crippen molar-refractivity contribution in [2.24, 2.45) is 0 Å². The fourth-order valence-electron chi connectivity index (χ4n) is 2.69. The van der Waals surface area contributed by atoms with Gasteiger partial charge in [-0.3, -0.25) is 5.10 Å². The van der Waals surface area contributed by atoms with Crippen LogP contribution in [0.15, 0.2) is 30.3 Å². The van der Waals surface area contributed by atoms with Crippen molar-refractivity contribution in [1.82, 2.24) is 19.6 Å². The number of benzene rings is 2. The molecule has 0 radical (unpaired) electrons. The third kappa shape index (κ3) is 2.13. The van der Waals surface area contributed by atoms with Crippen molar-refractivity contribution in [3.8, 4) is 11.5 Å². The van der Waals surface area contributed by atoms with Crippen LogP contribution in [0, 0.1) is 0 Å². The minimum absolute atomic E-state index is 0.223. The molecule has 0 bridgehead atoms. The number of ether oxygens (including phenoxy) is 2. The van der Waals surface area contributed by atoms with E-state index in [1.54, 1.807) is 22.7 Å². The monoisotopic (exact) mass is 361 g/mol. The third-order valence-corrected chi connectivity index (χ3v) is 4.12. The summed E-state index contributed by atoms with van der Waals surface area (Å²) in [6.07, 6.45) is 0. The second kappa shape index (κ2) is 4.93. The smallest absolute Gasteiger partial charge is 0.253 e. The highest BCUT2D eigenvalue weighted by molar-refractivity contribution is 6.35. The van der Waals surface area contributed by atoms with E-state index in [2.05, 4.69) is 20.4 Å². The van der Waals surface area contributed by atoms with Gasteiger partial charge in [0, 0.05) is 27.9 Å². The van der Waals surface area contributed by atoms with Crippen molar-refractivity contribution >= 4 is 51.6 Å². The van der Waals surface area contributed by atoms with E-state index in [0.717, 1.165) is 16.7 Å². The van der Waals surface area contributed by atoms with Crippen molar-refractivity contribution in [1.29, 1.82) is 0 Å². The largest absolute Gasteiger partial charge is 0.454 e. The van der Waals surface area contributed by atoms with Gasteiger partial charge in [-0.25, -0.2) is 9.50 Å². The summed E-state index contributed by atoms with van der Waals surface area (Å²) in [7, 11) is 0. The van der Waals surface area contributed by atoms with Gasteiger partial charge in [0.15, 0.2) is 11.5 Å². The molecule has 5 rings (SSSR count). The molecule has 1 aliphatic heterocycles. The van der Waals surface area contributed by atoms with Crippen molar-refractivity contribution in [2.45, 2.75) is 0 Å². The number of rotatable bonds is 2. The van der Waals surface area contributed by atoms with Gasteiger partial charge in [-0.1, -0.05) is 23.2 Å². The first-order valence-corrected chi connectivity index (χ1v) is 7.82. The molecule has 1 aliphatic rings. The number of H-pyrrole nitrogens is 1. The van der Waals surface area contributed by atoms with Gasteiger partial charge in [-0.2, -0.15) is 4.98 Å². The molecule has 2 aromatic carbocycles. The molecule has 7 nitrogen and oxygen atoms in total. The summed E-state index contributed by atoms with van der Waals surface area (Å²) >= 11 is 12.0. The van der Waals surface area contributed by atoms with Crippen molar-refractivity contribution < 1.29 is 9.47 Å². The van der Waals surface area contributed by atoms with Gasteiger partial charge in [-0.15, -0.1) is 0 Å². The fraction of sp³-hybridized carbons (Fsp3) is 0.0667. The number of hydrogen-bond acceptors (Lipinski definition) is 5. The summed E-state index contributed by atoms with van der Waals surface area (Å²) in [5, 5.41) is 7.35. The minimum atomic E-state index is 0.223. The molecule has 3 heterocycles. The highest BCUT2D eigenvalue weighted by Gasteiger charge is 2.18. The standard InChI is InChI=1S/C15H9Cl2N5O2/c16-7-1-8(17)3-9(2-7)18-14-20-15-19-10-4-12-13(24-6-23-12)5-11(10)22(15)21-14/h1-5H,6H2,(H2,18,19,20,21). The van der Waals surface area contributed by atoms with Gasteiger partial charge < -0.3 is 14.8 Å². The van der Waals surface area contributed by atoms with Crippen LogP contribution < -0.4 is 14.8 Å². The zero-order chi connectivity index (χ0) is 16.3. The molecular weight excluding hydrogens is 353 g/mol. The van der Waals surface area contributed by atoms with Crippen molar-refractivity contribution in [2.75, 3.05) is 12.1 Å². The maximum atomic E-state index is 6.01. The lowest BCUT2D eigenvalue weighted by atomic mass is 10.3. The number of halogens is 2. The molecule has 0 aliphatic carbocycles. The second-order valence-corrected chi connectivity index (χ2v) is 6.17. The summed E-state index contributed by atoms with van der Waals surface area (Å²) < 4.78 is 12.5. The molecule has 120 valence electrons. The number of fused-ring (bicyclic) bond motifs is 4. The SMILES string of the molecule is Clc1cc(Cl)cc(Nc2nc3nc4cc5c(cc4n3[nH]2)OCO5)c1. The summed E-state index contributed by atoms with van der Waals surface area (Å²) in [5.74, 6) is 2.44. The van der Waals surface area contributed by atoms with Gasteiger partial charge in [0.05, 0.1) is 11.0 Å². The number of anilines is 2. The highest BCUT2D eigenvalue weighted by atomic mass is 35.5. The van der Waals surface area contributed by atoms with Crippen LogP contribution in [-0.2, 0) is 0 Å². The molecule has 0 fully saturated rings. The van der Waals surface area contributed by atoms with E-state index in [4.69, 9.17) is 32.7 Å². The van der Waals surface area contributed by atoms with Crippen LogP contribution in [0.4, 0.5) is 11.6 Å². The predicted octanol–water partition coefficient (Wildman–Crippen LogP) is 3.99. The highest BCUT2D eigenvalue weighted by Crippen LogP contribution is 2.36. The Kier molecular flexibility index (Phi) is 2.83. The van der Waals surface area contributed by atoms with E-state index in [1.165, 1.54) is 0 Å². The number of nitrogens with zero attached hydrogens (tertiary/aromatic N) is 3. The number of nitrogens with one attached hydrogen (secondary N) is 2. The summed E-state index contributed by atoms with van der Waals surface area (Å²) in [5.41, 5.74) is 2.35. The molecule has 24 heavy (non-hydrogen) atoms. The van der Waals surface area contributed by atoms with E-state index in [9.17, 15) is 0 Å². The lowest BCUT2D eigenvalue weighted by molar-refractivity contribution is 0.174. The Labute approximate surface area is 145 Å². The lowest BCUT2D eigenvalue weighted by Crippen LogP contribution is -1.94. The van der Waals surface area contributed by atoms with E-state index in [1.807, 2.05) is 12.1 Å². The molecule has 0 saturated carbocycles. The summed E-state index contributed by atoms with van der Waals surface area (Å²) in [6.45, 7) is 0.223. The summed E-state index contributed by atoms with van der Waals surface area (Å²) in [6, 6.07) is 8.89. The molecular formula is C15H9Cl2N5O2. The van der Waals surface area contributed by atoms with Crippen LogP contribution in [0.25, 0.3) is 16.8 Å². The van der Waals surface area contributed by atoms with Crippen LogP contribution >= 0.6 is 23.2 Å². The number of imidazole rings is 1. The predicted molar refractivity (Wildman–Crippen MR) is 90.7 cm³/mol. The third-order valence-electron chi connectivity index (χ3n) is 3.69. The first kappa shape index (κ1) is 13.8. The maximum Gasteiger partial charge on any atom is 0.253 e. The van der Waals surface area contributed by atoms with Crippen LogP contribution in [-0.4, -0.2) is 26.4 Å². The van der Waals surface area contributed by atoms with E-state index in [0.29, 0.717) is 33.3 Å². The maximum absolute atomic E-state index is 6.01. The molecule has 0 unspecified atom stereocenters. The van der Waals surface area contributed by atoms with Crippen LogP contribution in [0.2, 0.25) is 10.0 Å². The Morgan fingerprint density at radius 3 is 2.54 bits per heavy atom. The zero-order valence-corrected chi connectivity index (χ0v) is 13.5. The fourth-order valence-corrected chi connectivity index (χ4v) is 3.22. The van der Waals surface area contributed by atoms with Crippen molar-refractivity contribution in [3.05, 3.63) is 40.4 Å². The Hall–Kier alpha value is -2.64. The quantitative estimate of drug-likeness (QED) is 0.564. The average Bonchev–Trinajstić information content (AvgIpc) is 3.17. The Bertz CT molecular complexity index is 1080. The number of aromatic nitrogens is 4. The second-order valence-electron chi connectivity index (χ2n) is 5.30. The van der Waals surface area contributed by atoms with Crippen LogP contribution in [0.1, 0.15) is 0 Å². The van der Waals surface area contributed by atoms with Gasteiger partial charge in [0.25, 0.3) is 5.78 Å². The molecule has 9 heteroatoms. The van der Waals surface area contributed by atoms with Gasteiger partial charge >= 0.3 is 0 Å². The molecule has 2 aromatic heterocycles. The number of hydrogen-bond donors (Lipinski definition) is 2. The summed E-state index contributed by atoms with van der Waals surface area (Å²) in [4.78, 5) is 8.91.